The number of carbonyl (C=O) groups is 1. The predicted octanol–water partition coefficient (Wildman–Crippen LogP) is 7.03. The van der Waals surface area contributed by atoms with Crippen LogP contribution in [0, 0.1) is 11.8 Å². The van der Waals surface area contributed by atoms with Gasteiger partial charge in [-0.15, -0.1) is 6.58 Å². The monoisotopic (exact) mass is 548 g/mol. The highest BCUT2D eigenvalue weighted by molar-refractivity contribution is 5.91. The standard InChI is InChI=1S/C28H26F6N4O/c1-2-16-15-38-10-8-17(16)11-24(38)25(22-7-9-35-23-6-4-3-5-21(22)23)37-26(39)36-20-13-18(27(29,30)31)12-19(14-20)28(32,33)34/h2-7,9,12-14,16-17,24-25H,1,8,10-11,15H2,(H2,36,37,39)/t16-,17-,24+,25-/m0/s1. The Hall–Kier alpha value is -3.60. The van der Waals surface area contributed by atoms with E-state index in [9.17, 15) is 31.1 Å². The third-order valence-corrected chi connectivity index (χ3v) is 7.69. The van der Waals surface area contributed by atoms with Crippen molar-refractivity contribution in [3.63, 3.8) is 0 Å². The number of nitrogens with zero attached hydrogens (tertiary/aromatic N) is 2. The Morgan fingerprint density at radius 2 is 1.74 bits per heavy atom. The van der Waals surface area contributed by atoms with Crippen molar-refractivity contribution in [2.75, 3.05) is 18.4 Å². The quantitative estimate of drug-likeness (QED) is 0.266. The third-order valence-electron chi connectivity index (χ3n) is 7.69. The Morgan fingerprint density at radius 1 is 1.05 bits per heavy atom. The van der Waals surface area contributed by atoms with E-state index in [0.29, 0.717) is 29.5 Å². The van der Waals surface area contributed by atoms with Gasteiger partial charge in [0.2, 0.25) is 0 Å². The van der Waals surface area contributed by atoms with E-state index in [4.69, 9.17) is 0 Å². The topological polar surface area (TPSA) is 57.3 Å². The molecule has 0 saturated carbocycles. The number of rotatable bonds is 5. The summed E-state index contributed by atoms with van der Waals surface area (Å²) in [6.07, 6.45) is -4.76. The van der Waals surface area contributed by atoms with E-state index in [2.05, 4.69) is 27.1 Å². The molecule has 0 aliphatic carbocycles. The first-order chi connectivity index (χ1) is 18.4. The minimum atomic E-state index is -5.02. The molecule has 3 aliphatic heterocycles. The normalized spacial score (nSPS) is 23.8. The SMILES string of the molecule is C=C[C@H]1CN2CC[C@H]1C[C@@H]2[C@@H](NC(=O)Nc1cc(C(F)(F)F)cc(C(F)(F)F)c1)c1ccnc2ccccc12. The maximum atomic E-state index is 13.3. The van der Waals surface area contributed by atoms with Crippen LogP contribution in [0.25, 0.3) is 10.9 Å². The number of anilines is 1. The molecule has 3 aliphatic rings. The lowest BCUT2D eigenvalue weighted by Crippen LogP contribution is -2.57. The molecule has 39 heavy (non-hydrogen) atoms. The zero-order valence-corrected chi connectivity index (χ0v) is 20.7. The van der Waals surface area contributed by atoms with Gasteiger partial charge >= 0.3 is 18.4 Å². The summed E-state index contributed by atoms with van der Waals surface area (Å²) < 4.78 is 80.0. The van der Waals surface area contributed by atoms with E-state index in [-0.39, 0.29) is 12.1 Å². The fourth-order valence-electron chi connectivity index (χ4n) is 5.83. The number of para-hydroxylation sites is 1. The lowest BCUT2D eigenvalue weighted by molar-refractivity contribution is -0.143. The van der Waals surface area contributed by atoms with Gasteiger partial charge in [-0.25, -0.2) is 4.79 Å². The van der Waals surface area contributed by atoms with Crippen LogP contribution < -0.4 is 10.6 Å². The zero-order chi connectivity index (χ0) is 27.9. The number of carbonyl (C=O) groups excluding carboxylic acids is 1. The first-order valence-corrected chi connectivity index (χ1v) is 12.5. The van der Waals surface area contributed by atoms with Gasteiger partial charge in [0.05, 0.1) is 22.7 Å². The summed E-state index contributed by atoms with van der Waals surface area (Å²) in [5.41, 5.74) is -2.14. The van der Waals surface area contributed by atoms with Crippen LogP contribution >= 0.6 is 0 Å². The van der Waals surface area contributed by atoms with Crippen LogP contribution in [0.3, 0.4) is 0 Å². The number of fused-ring (bicyclic) bond motifs is 4. The summed E-state index contributed by atoms with van der Waals surface area (Å²) in [7, 11) is 0. The highest BCUT2D eigenvalue weighted by Crippen LogP contribution is 2.42. The second-order valence-electron chi connectivity index (χ2n) is 10.0. The molecule has 2 bridgehead atoms. The van der Waals surface area contributed by atoms with E-state index in [1.54, 1.807) is 12.3 Å². The summed E-state index contributed by atoms with van der Waals surface area (Å²) in [5.74, 6) is 0.667. The molecule has 3 aromatic rings. The Balaban J connectivity index is 1.48. The van der Waals surface area contributed by atoms with Crippen LogP contribution in [-0.2, 0) is 12.4 Å². The van der Waals surface area contributed by atoms with Crippen LogP contribution in [-0.4, -0.2) is 35.0 Å². The molecule has 2 amide bonds. The van der Waals surface area contributed by atoms with Gasteiger partial charge in [0.15, 0.2) is 0 Å². The van der Waals surface area contributed by atoms with E-state index in [1.165, 1.54) is 0 Å². The maximum Gasteiger partial charge on any atom is 0.416 e. The Labute approximate surface area is 220 Å². The number of piperidine rings is 3. The number of nitrogens with one attached hydrogen (secondary N) is 2. The molecule has 1 aromatic heterocycles. The van der Waals surface area contributed by atoms with Crippen molar-refractivity contribution in [2.45, 2.75) is 37.3 Å². The van der Waals surface area contributed by atoms with Gasteiger partial charge in [0, 0.05) is 29.9 Å². The van der Waals surface area contributed by atoms with Crippen LogP contribution in [0.15, 0.2) is 67.4 Å². The smallest absolute Gasteiger partial charge is 0.329 e. The number of pyridine rings is 1. The summed E-state index contributed by atoms with van der Waals surface area (Å²) in [6.45, 7) is 5.51. The molecule has 0 spiro atoms. The molecule has 3 saturated heterocycles. The number of benzene rings is 2. The molecule has 2 aromatic carbocycles. The average molecular weight is 549 g/mol. The van der Waals surface area contributed by atoms with E-state index in [1.807, 2.05) is 30.3 Å². The molecule has 2 N–H and O–H groups in total. The minimum absolute atomic E-state index is 0.0249. The van der Waals surface area contributed by atoms with Gasteiger partial charge < -0.3 is 10.6 Å². The van der Waals surface area contributed by atoms with Crippen LogP contribution in [0.4, 0.5) is 36.8 Å². The van der Waals surface area contributed by atoms with Crippen molar-refractivity contribution in [2.24, 2.45) is 11.8 Å². The molecule has 5 atom stereocenters. The first kappa shape index (κ1) is 27.0. The van der Waals surface area contributed by atoms with E-state index in [0.717, 1.165) is 36.9 Å². The van der Waals surface area contributed by atoms with Crippen molar-refractivity contribution < 1.29 is 31.1 Å². The van der Waals surface area contributed by atoms with Crippen molar-refractivity contribution in [3.05, 3.63) is 84.1 Å². The van der Waals surface area contributed by atoms with Crippen molar-refractivity contribution in [3.8, 4) is 0 Å². The van der Waals surface area contributed by atoms with Gasteiger partial charge in [-0.1, -0.05) is 24.3 Å². The average Bonchev–Trinajstić information content (AvgIpc) is 2.90. The number of urea groups is 1. The number of hydrogen-bond acceptors (Lipinski definition) is 3. The molecule has 206 valence electrons. The number of halogens is 6. The molecule has 0 radical (unpaired) electrons. The molecular weight excluding hydrogens is 522 g/mol. The number of alkyl halides is 6. The maximum absolute atomic E-state index is 13.3. The van der Waals surface area contributed by atoms with Gasteiger partial charge in [0.1, 0.15) is 0 Å². The fourth-order valence-corrected chi connectivity index (χ4v) is 5.83. The second kappa shape index (κ2) is 10.2. The molecule has 1 unspecified atom stereocenters. The summed E-state index contributed by atoms with van der Waals surface area (Å²) >= 11 is 0. The number of aromatic nitrogens is 1. The highest BCUT2D eigenvalue weighted by atomic mass is 19.4. The summed E-state index contributed by atoms with van der Waals surface area (Å²) in [6, 6.07) is 8.53. The fraction of sp³-hybridized carbons (Fsp3) is 0.357. The molecular formula is C28H26F6N4O. The molecule has 11 heteroatoms. The summed E-state index contributed by atoms with van der Waals surface area (Å²) in [5, 5.41) is 5.89. The lowest BCUT2D eigenvalue weighted by atomic mass is 9.73. The van der Waals surface area contributed by atoms with Crippen molar-refractivity contribution >= 4 is 22.6 Å². The largest absolute Gasteiger partial charge is 0.416 e. The first-order valence-electron chi connectivity index (χ1n) is 12.5. The Bertz CT molecular complexity index is 1350. The Morgan fingerprint density at radius 3 is 2.36 bits per heavy atom. The number of amides is 2. The summed E-state index contributed by atoms with van der Waals surface area (Å²) in [4.78, 5) is 19.8. The molecule has 4 heterocycles. The predicted molar refractivity (Wildman–Crippen MR) is 135 cm³/mol. The Kier molecular flexibility index (Phi) is 7.04. The lowest BCUT2D eigenvalue weighted by Gasteiger charge is -2.51. The third kappa shape index (κ3) is 5.59. The van der Waals surface area contributed by atoms with Crippen LogP contribution in [0.1, 0.15) is 35.6 Å². The van der Waals surface area contributed by atoms with Crippen molar-refractivity contribution in [1.29, 1.82) is 0 Å². The zero-order valence-electron chi connectivity index (χ0n) is 20.7. The van der Waals surface area contributed by atoms with Gasteiger partial charge in [-0.3, -0.25) is 9.88 Å². The van der Waals surface area contributed by atoms with Crippen LogP contribution in [0.5, 0.6) is 0 Å². The van der Waals surface area contributed by atoms with Crippen molar-refractivity contribution in [1.82, 2.24) is 15.2 Å². The highest BCUT2D eigenvalue weighted by Gasteiger charge is 2.43. The molecule has 6 rings (SSSR count). The van der Waals surface area contributed by atoms with E-state index >= 15 is 0 Å². The van der Waals surface area contributed by atoms with Gasteiger partial charge in [-0.05, 0) is 67.1 Å². The van der Waals surface area contributed by atoms with Crippen LogP contribution in [0.2, 0.25) is 0 Å². The van der Waals surface area contributed by atoms with E-state index < -0.39 is 41.2 Å². The van der Waals surface area contributed by atoms with Gasteiger partial charge in [-0.2, -0.15) is 26.3 Å². The van der Waals surface area contributed by atoms with Gasteiger partial charge in [0.25, 0.3) is 0 Å². The molecule has 3 fully saturated rings. The second-order valence-corrected chi connectivity index (χ2v) is 10.0. The molecule has 5 nitrogen and oxygen atoms in total. The number of hydrogen-bond donors (Lipinski definition) is 2. The minimum Gasteiger partial charge on any atom is -0.329 e.